The van der Waals surface area contributed by atoms with Crippen LogP contribution in [0.2, 0.25) is 54.4 Å². The Balaban J connectivity index is 2.25. The molecule has 0 bridgehead atoms. The first kappa shape index (κ1) is 47.9. The highest BCUT2D eigenvalue weighted by atomic mass is 28.4. The molecular formula is C39H76N4O9Si3. The summed E-state index contributed by atoms with van der Waals surface area (Å²) >= 11 is 0. The molecule has 4 unspecified atom stereocenters. The van der Waals surface area contributed by atoms with Gasteiger partial charge in [0.05, 0.1) is 37.7 Å². The molecule has 55 heavy (non-hydrogen) atoms. The van der Waals surface area contributed by atoms with Gasteiger partial charge in [0.25, 0.3) is 5.79 Å². The molecule has 0 aromatic carbocycles. The molecule has 1 aliphatic carbocycles. The number of hydrogen-bond donors (Lipinski definition) is 2. The van der Waals surface area contributed by atoms with Crippen LogP contribution in [0.4, 0.5) is 0 Å². The van der Waals surface area contributed by atoms with Crippen LogP contribution in [0.25, 0.3) is 0 Å². The fourth-order valence-corrected chi connectivity index (χ4v) is 10.5. The van der Waals surface area contributed by atoms with Crippen molar-refractivity contribution in [1.82, 2.24) is 20.3 Å². The van der Waals surface area contributed by atoms with Gasteiger partial charge in [-0.2, -0.15) is 0 Å². The average molecular weight is 829 g/mol. The molecule has 3 rings (SSSR count). The molecule has 1 amide bonds. The van der Waals surface area contributed by atoms with Crippen LogP contribution in [0.15, 0.2) is 6.20 Å². The number of carbonyl (C=O) groups is 2. The van der Waals surface area contributed by atoms with Crippen LogP contribution in [0.3, 0.4) is 0 Å². The van der Waals surface area contributed by atoms with Crippen molar-refractivity contribution in [3.8, 4) is 0 Å². The Morgan fingerprint density at radius 3 is 1.95 bits per heavy atom. The number of esters is 1. The summed E-state index contributed by atoms with van der Waals surface area (Å²) in [5.41, 5.74) is 0.907. The molecule has 0 radical (unpaired) electrons. The summed E-state index contributed by atoms with van der Waals surface area (Å²) in [6.07, 6.45) is 3.80. The van der Waals surface area contributed by atoms with Gasteiger partial charge in [-0.05, 0) is 67.2 Å². The second-order valence-corrected chi connectivity index (χ2v) is 34.6. The fourth-order valence-electron chi connectivity index (χ4n) is 6.55. The van der Waals surface area contributed by atoms with Crippen LogP contribution < -0.4 is 5.32 Å². The third-order valence-electron chi connectivity index (χ3n) is 13.2. The van der Waals surface area contributed by atoms with E-state index in [0.29, 0.717) is 5.92 Å². The fraction of sp³-hybridized carbons (Fsp3) is 0.897. The maximum atomic E-state index is 14.3. The SMILES string of the molecule is COC(=O)C1(OC)CC(O[Si](C)(C)C(C)(C)C)C(NC(=O)Cn2cc(C3CCCCC3)nn2)C([C@H](O[Si](C)(C)C(C)(C)C)[C@@H](CO)O[Si](C)(C)C(C)(C)C)O1. The first-order chi connectivity index (χ1) is 25.0. The molecule has 2 fully saturated rings. The minimum absolute atomic E-state index is 0.0566. The van der Waals surface area contributed by atoms with Crippen molar-refractivity contribution in [2.24, 2.45) is 0 Å². The standard InChI is InChI=1S/C39H76N4O9Si3/c1-36(2,3)53(12,13)50-29-23-39(48-11,35(46)47-10)49-34(32(29)40-31(45)25-43-24-28(41-42-43)27-21-19-18-20-22-27)33(52-55(16,17)38(7,8)9)30(26-44)51-54(14,15)37(4,5)6/h24,27,29-30,32-34,44H,18-23,25-26H2,1-17H3,(H,40,45)/t29?,30-,32?,33-,34?,39?/m1/s1. The number of amides is 1. The van der Waals surface area contributed by atoms with Gasteiger partial charge in [-0.3, -0.25) is 4.79 Å². The van der Waals surface area contributed by atoms with Crippen LogP contribution in [-0.4, -0.2) is 114 Å². The van der Waals surface area contributed by atoms with Crippen molar-refractivity contribution in [2.45, 2.75) is 204 Å². The van der Waals surface area contributed by atoms with Gasteiger partial charge < -0.3 is 37.9 Å². The zero-order chi connectivity index (χ0) is 42.0. The van der Waals surface area contributed by atoms with Gasteiger partial charge in [0.1, 0.15) is 18.8 Å². The third kappa shape index (κ3) is 11.4. The van der Waals surface area contributed by atoms with E-state index in [1.165, 1.54) is 20.6 Å². The van der Waals surface area contributed by atoms with E-state index in [4.69, 9.17) is 27.5 Å². The smallest absolute Gasteiger partial charge is 0.366 e. The lowest BCUT2D eigenvalue weighted by molar-refractivity contribution is -0.302. The van der Waals surface area contributed by atoms with Crippen molar-refractivity contribution in [1.29, 1.82) is 0 Å². The first-order valence-electron chi connectivity index (χ1n) is 20.2. The Morgan fingerprint density at radius 1 is 0.909 bits per heavy atom. The lowest BCUT2D eigenvalue weighted by atomic mass is 9.87. The van der Waals surface area contributed by atoms with Crippen molar-refractivity contribution < 1.29 is 42.2 Å². The van der Waals surface area contributed by atoms with Crippen LogP contribution >= 0.6 is 0 Å². The van der Waals surface area contributed by atoms with Gasteiger partial charge in [0.2, 0.25) is 5.91 Å². The van der Waals surface area contributed by atoms with E-state index in [1.807, 2.05) is 6.20 Å². The second kappa shape index (κ2) is 17.8. The largest absolute Gasteiger partial charge is 0.465 e. The summed E-state index contributed by atoms with van der Waals surface area (Å²) in [5.74, 6) is -2.62. The number of aromatic nitrogens is 3. The Labute approximate surface area is 335 Å². The summed E-state index contributed by atoms with van der Waals surface area (Å²) in [4.78, 5) is 28.1. The maximum Gasteiger partial charge on any atom is 0.366 e. The van der Waals surface area contributed by atoms with E-state index in [-0.39, 0.29) is 40.6 Å². The van der Waals surface area contributed by atoms with E-state index >= 15 is 0 Å². The Morgan fingerprint density at radius 2 is 1.45 bits per heavy atom. The van der Waals surface area contributed by atoms with Crippen molar-refractivity contribution in [3.05, 3.63) is 11.9 Å². The zero-order valence-corrected chi connectivity index (χ0v) is 40.3. The maximum absolute atomic E-state index is 14.3. The Bertz CT molecular complexity index is 1430. The van der Waals surface area contributed by atoms with Crippen LogP contribution in [-0.2, 0) is 43.6 Å². The highest BCUT2D eigenvalue weighted by molar-refractivity contribution is 6.75. The third-order valence-corrected chi connectivity index (χ3v) is 26.7. The van der Waals surface area contributed by atoms with Gasteiger partial charge in [-0.1, -0.05) is 86.8 Å². The molecule has 16 heteroatoms. The predicted octanol–water partition coefficient (Wildman–Crippen LogP) is 7.28. The molecule has 1 saturated heterocycles. The summed E-state index contributed by atoms with van der Waals surface area (Å²) in [6.45, 7) is 31.5. The number of aliphatic hydroxyl groups excluding tert-OH is 1. The molecular weight excluding hydrogens is 753 g/mol. The number of rotatable bonds is 15. The van der Waals surface area contributed by atoms with Crippen molar-refractivity contribution >= 4 is 36.8 Å². The van der Waals surface area contributed by atoms with Crippen molar-refractivity contribution in [2.75, 3.05) is 20.8 Å². The highest BCUT2D eigenvalue weighted by Gasteiger charge is 2.60. The Hall–Kier alpha value is -1.51. The molecule has 1 aliphatic heterocycles. The number of methoxy groups -OCH3 is 2. The Kier molecular flexibility index (Phi) is 15.5. The molecule has 1 aromatic rings. The second-order valence-electron chi connectivity index (χ2n) is 20.4. The lowest BCUT2D eigenvalue weighted by Crippen LogP contribution is -2.71. The lowest BCUT2D eigenvalue weighted by Gasteiger charge is -2.54. The number of hydrogen-bond acceptors (Lipinski definition) is 11. The minimum Gasteiger partial charge on any atom is -0.465 e. The van der Waals surface area contributed by atoms with Gasteiger partial charge in [0.15, 0.2) is 25.0 Å². The monoisotopic (exact) mass is 828 g/mol. The number of carbonyl (C=O) groups excluding carboxylic acids is 2. The number of nitrogens with zero attached hydrogens (tertiary/aromatic N) is 3. The topological polar surface area (TPSA) is 152 Å². The summed E-state index contributed by atoms with van der Waals surface area (Å²) in [7, 11) is -5.09. The molecule has 2 N–H and O–H groups in total. The van der Waals surface area contributed by atoms with Crippen LogP contribution in [0.1, 0.15) is 112 Å². The minimum atomic E-state index is -2.67. The van der Waals surface area contributed by atoms with Gasteiger partial charge in [-0.25, -0.2) is 9.48 Å². The summed E-state index contributed by atoms with van der Waals surface area (Å²) in [5, 5.41) is 22.6. The number of nitrogens with one attached hydrogen (secondary N) is 1. The van der Waals surface area contributed by atoms with Crippen molar-refractivity contribution in [3.63, 3.8) is 0 Å². The number of ether oxygens (including phenoxy) is 3. The van der Waals surface area contributed by atoms with E-state index in [2.05, 4.69) is 117 Å². The summed E-state index contributed by atoms with van der Waals surface area (Å²) in [6, 6.07) is -0.859. The quantitative estimate of drug-likeness (QED) is 0.136. The van der Waals surface area contributed by atoms with E-state index in [0.717, 1.165) is 31.4 Å². The molecule has 2 heterocycles. The zero-order valence-electron chi connectivity index (χ0n) is 37.3. The molecule has 1 aromatic heterocycles. The van der Waals surface area contributed by atoms with Gasteiger partial charge in [0, 0.05) is 25.6 Å². The van der Waals surface area contributed by atoms with E-state index < -0.39 is 67.2 Å². The average Bonchev–Trinajstić information content (AvgIpc) is 3.53. The molecule has 318 valence electrons. The van der Waals surface area contributed by atoms with E-state index in [1.54, 1.807) is 4.68 Å². The van der Waals surface area contributed by atoms with Gasteiger partial charge >= 0.3 is 5.97 Å². The molecule has 1 saturated carbocycles. The van der Waals surface area contributed by atoms with Crippen LogP contribution in [0, 0.1) is 0 Å². The molecule has 2 aliphatic rings. The molecule has 13 nitrogen and oxygen atoms in total. The molecule has 6 atom stereocenters. The van der Waals surface area contributed by atoms with Crippen LogP contribution in [0.5, 0.6) is 0 Å². The number of aliphatic hydroxyl groups is 1. The summed E-state index contributed by atoms with van der Waals surface area (Å²) < 4.78 is 41.2. The first-order valence-corrected chi connectivity index (χ1v) is 28.9. The van der Waals surface area contributed by atoms with E-state index in [9.17, 15) is 14.7 Å². The predicted molar refractivity (Wildman–Crippen MR) is 222 cm³/mol. The van der Waals surface area contributed by atoms with Gasteiger partial charge in [-0.15, -0.1) is 5.10 Å². The molecule has 0 spiro atoms. The highest BCUT2D eigenvalue weighted by Crippen LogP contribution is 2.46. The normalized spacial score (nSPS) is 25.0.